The van der Waals surface area contributed by atoms with E-state index in [-0.39, 0.29) is 5.54 Å². The minimum absolute atomic E-state index is 0.301. The Labute approximate surface area is 107 Å². The summed E-state index contributed by atoms with van der Waals surface area (Å²) >= 11 is 0. The Morgan fingerprint density at radius 1 is 1.11 bits per heavy atom. The van der Waals surface area contributed by atoms with Crippen LogP contribution in [-0.2, 0) is 10.3 Å². The fourth-order valence-electron chi connectivity index (χ4n) is 2.75. The molecule has 3 heteroatoms. The molecule has 0 saturated carbocycles. The zero-order valence-corrected chi connectivity index (χ0v) is 10.4. The molecule has 2 N–H and O–H groups in total. The normalized spacial score (nSPS) is 24.9. The largest absolute Gasteiger partial charge is 0.381 e. The monoisotopic (exact) mass is 242 g/mol. The molecule has 94 valence electrons. The van der Waals surface area contributed by atoms with Gasteiger partial charge in [0.05, 0.1) is 0 Å². The molecule has 0 aliphatic carbocycles. The first-order chi connectivity index (χ1) is 8.80. The average molecular weight is 242 g/mol. The molecule has 1 aromatic heterocycles. The lowest BCUT2D eigenvalue weighted by molar-refractivity contribution is 0.139. The highest BCUT2D eigenvalue weighted by atomic mass is 16.5. The Kier molecular flexibility index (Phi) is 3.02. The molecule has 18 heavy (non-hydrogen) atoms. The first-order valence-electron chi connectivity index (χ1n) is 6.49. The maximum absolute atomic E-state index is 6.63. The number of benzene rings is 1. The lowest BCUT2D eigenvalue weighted by Crippen LogP contribution is -2.37. The number of hydrogen-bond donors (Lipinski definition) is 1. The van der Waals surface area contributed by atoms with Crippen molar-refractivity contribution in [3.63, 3.8) is 0 Å². The summed E-state index contributed by atoms with van der Waals surface area (Å²) < 4.78 is 5.52. The first-order valence-corrected chi connectivity index (χ1v) is 6.49. The van der Waals surface area contributed by atoms with E-state index in [1.165, 1.54) is 5.39 Å². The predicted molar refractivity (Wildman–Crippen MR) is 72.3 cm³/mol. The average Bonchev–Trinajstić information content (AvgIpc) is 2.64. The van der Waals surface area contributed by atoms with Gasteiger partial charge in [-0.2, -0.15) is 0 Å². The standard InChI is InChI=1S/C15H18N2O/c16-15(6-3-8-18-9-7-15)14-11-17-10-12-4-1-2-5-13(12)14/h1-2,4-5,10-11H,3,6-9,16H2. The molecule has 1 saturated heterocycles. The van der Waals surface area contributed by atoms with Gasteiger partial charge in [0.1, 0.15) is 0 Å². The van der Waals surface area contributed by atoms with Crippen molar-refractivity contribution in [2.75, 3.05) is 13.2 Å². The molecule has 2 aromatic rings. The van der Waals surface area contributed by atoms with Gasteiger partial charge in [0.25, 0.3) is 0 Å². The van der Waals surface area contributed by atoms with Gasteiger partial charge in [-0.15, -0.1) is 0 Å². The molecule has 1 aliphatic rings. The SMILES string of the molecule is NC1(c2cncc3ccccc23)CCCOCC1. The third kappa shape index (κ3) is 2.00. The van der Waals surface area contributed by atoms with Crippen LogP contribution in [0.4, 0.5) is 0 Å². The molecule has 3 rings (SSSR count). The molecule has 1 aliphatic heterocycles. The minimum atomic E-state index is -0.301. The van der Waals surface area contributed by atoms with Gasteiger partial charge in [0.15, 0.2) is 0 Å². The molecule has 1 aromatic carbocycles. The lowest BCUT2D eigenvalue weighted by atomic mass is 9.83. The second-order valence-electron chi connectivity index (χ2n) is 5.03. The van der Waals surface area contributed by atoms with Crippen molar-refractivity contribution < 1.29 is 4.74 Å². The summed E-state index contributed by atoms with van der Waals surface area (Å²) in [6, 6.07) is 8.31. The zero-order chi connectivity index (χ0) is 12.4. The molecule has 1 atom stereocenters. The van der Waals surface area contributed by atoms with Crippen LogP contribution < -0.4 is 5.73 Å². The van der Waals surface area contributed by atoms with E-state index in [0.717, 1.165) is 43.4 Å². The van der Waals surface area contributed by atoms with Gasteiger partial charge in [-0.1, -0.05) is 24.3 Å². The Morgan fingerprint density at radius 2 is 2.00 bits per heavy atom. The summed E-state index contributed by atoms with van der Waals surface area (Å²) in [5.74, 6) is 0. The second-order valence-corrected chi connectivity index (χ2v) is 5.03. The fourth-order valence-corrected chi connectivity index (χ4v) is 2.75. The lowest BCUT2D eigenvalue weighted by Gasteiger charge is -2.29. The van der Waals surface area contributed by atoms with E-state index in [2.05, 4.69) is 23.2 Å². The van der Waals surface area contributed by atoms with Crippen LogP contribution in [0.1, 0.15) is 24.8 Å². The molecule has 3 nitrogen and oxygen atoms in total. The highest BCUT2D eigenvalue weighted by Crippen LogP contribution is 2.33. The molecule has 0 radical (unpaired) electrons. The van der Waals surface area contributed by atoms with Crippen molar-refractivity contribution in [3.8, 4) is 0 Å². The zero-order valence-electron chi connectivity index (χ0n) is 10.4. The topological polar surface area (TPSA) is 48.1 Å². The summed E-state index contributed by atoms with van der Waals surface area (Å²) in [4.78, 5) is 4.34. The van der Waals surface area contributed by atoms with E-state index >= 15 is 0 Å². The minimum Gasteiger partial charge on any atom is -0.381 e. The second kappa shape index (κ2) is 4.67. The summed E-state index contributed by atoms with van der Waals surface area (Å²) in [7, 11) is 0. The molecule has 1 fully saturated rings. The number of nitrogens with two attached hydrogens (primary N) is 1. The number of aromatic nitrogens is 1. The smallest absolute Gasteiger partial charge is 0.0486 e. The molecule has 0 amide bonds. The maximum Gasteiger partial charge on any atom is 0.0486 e. The number of hydrogen-bond acceptors (Lipinski definition) is 3. The number of fused-ring (bicyclic) bond motifs is 1. The van der Waals surface area contributed by atoms with Crippen LogP contribution in [0, 0.1) is 0 Å². The number of ether oxygens (including phenoxy) is 1. The van der Waals surface area contributed by atoms with Crippen molar-refractivity contribution in [2.24, 2.45) is 5.73 Å². The van der Waals surface area contributed by atoms with E-state index in [0.29, 0.717) is 0 Å². The van der Waals surface area contributed by atoms with Crippen LogP contribution in [0.2, 0.25) is 0 Å². The van der Waals surface area contributed by atoms with Gasteiger partial charge in [0.2, 0.25) is 0 Å². The van der Waals surface area contributed by atoms with E-state index in [4.69, 9.17) is 10.5 Å². The molecule has 0 bridgehead atoms. The van der Waals surface area contributed by atoms with Gasteiger partial charge in [-0.25, -0.2) is 0 Å². The molecular formula is C15H18N2O. The van der Waals surface area contributed by atoms with Gasteiger partial charge in [0, 0.05) is 36.5 Å². The van der Waals surface area contributed by atoms with Crippen molar-refractivity contribution in [2.45, 2.75) is 24.8 Å². The summed E-state index contributed by atoms with van der Waals surface area (Å²) in [5, 5.41) is 2.38. The Balaban J connectivity index is 2.12. The van der Waals surface area contributed by atoms with Gasteiger partial charge < -0.3 is 10.5 Å². The van der Waals surface area contributed by atoms with E-state index in [1.54, 1.807) is 0 Å². The molecule has 1 unspecified atom stereocenters. The maximum atomic E-state index is 6.63. The van der Waals surface area contributed by atoms with E-state index in [1.807, 2.05) is 18.5 Å². The van der Waals surface area contributed by atoms with Crippen molar-refractivity contribution in [1.82, 2.24) is 4.98 Å². The van der Waals surface area contributed by atoms with Crippen molar-refractivity contribution in [1.29, 1.82) is 0 Å². The molecule has 2 heterocycles. The summed E-state index contributed by atoms with van der Waals surface area (Å²) in [6.07, 6.45) is 6.66. The van der Waals surface area contributed by atoms with Crippen LogP contribution in [0.5, 0.6) is 0 Å². The highest BCUT2D eigenvalue weighted by molar-refractivity contribution is 5.85. The van der Waals surface area contributed by atoms with Crippen LogP contribution >= 0.6 is 0 Å². The highest BCUT2D eigenvalue weighted by Gasteiger charge is 2.30. The van der Waals surface area contributed by atoms with Crippen LogP contribution in [0.3, 0.4) is 0 Å². The first kappa shape index (κ1) is 11.6. The third-order valence-corrected chi connectivity index (χ3v) is 3.81. The number of pyridine rings is 1. The Bertz CT molecular complexity index is 540. The van der Waals surface area contributed by atoms with Crippen molar-refractivity contribution >= 4 is 10.8 Å². The van der Waals surface area contributed by atoms with E-state index in [9.17, 15) is 0 Å². The van der Waals surface area contributed by atoms with E-state index < -0.39 is 0 Å². The summed E-state index contributed by atoms with van der Waals surface area (Å²) in [6.45, 7) is 1.55. The van der Waals surface area contributed by atoms with Crippen LogP contribution in [-0.4, -0.2) is 18.2 Å². The van der Waals surface area contributed by atoms with Gasteiger partial charge >= 0.3 is 0 Å². The summed E-state index contributed by atoms with van der Waals surface area (Å²) in [5.41, 5.74) is 7.48. The fraction of sp³-hybridized carbons (Fsp3) is 0.400. The third-order valence-electron chi connectivity index (χ3n) is 3.81. The Hall–Kier alpha value is -1.45. The van der Waals surface area contributed by atoms with Gasteiger partial charge in [-0.05, 0) is 30.2 Å². The van der Waals surface area contributed by atoms with Crippen LogP contribution in [0.15, 0.2) is 36.7 Å². The molecule has 0 spiro atoms. The van der Waals surface area contributed by atoms with Crippen LogP contribution in [0.25, 0.3) is 10.8 Å². The quantitative estimate of drug-likeness (QED) is 0.836. The van der Waals surface area contributed by atoms with Crippen molar-refractivity contribution in [3.05, 3.63) is 42.2 Å². The number of rotatable bonds is 1. The number of nitrogens with zero attached hydrogens (tertiary/aromatic N) is 1. The molecular weight excluding hydrogens is 224 g/mol. The predicted octanol–water partition coefficient (Wildman–Crippen LogP) is 2.59. The Morgan fingerprint density at radius 3 is 2.94 bits per heavy atom. The van der Waals surface area contributed by atoms with Gasteiger partial charge in [-0.3, -0.25) is 4.98 Å².